The monoisotopic (exact) mass is 420 g/mol. The molecule has 0 N–H and O–H groups in total. The Morgan fingerprint density at radius 1 is 1.10 bits per heavy atom. The fourth-order valence-corrected chi connectivity index (χ4v) is 5.25. The van der Waals surface area contributed by atoms with Crippen molar-refractivity contribution in [1.29, 1.82) is 0 Å². The fraction of sp³-hybridized carbons (Fsp3) is 0.304. The summed E-state index contributed by atoms with van der Waals surface area (Å²) in [4.78, 5) is 19.1. The first-order valence-corrected chi connectivity index (χ1v) is 11.2. The van der Waals surface area contributed by atoms with Crippen molar-refractivity contribution in [2.75, 3.05) is 0 Å². The Labute approximate surface area is 178 Å². The van der Waals surface area contributed by atoms with Crippen LogP contribution < -0.4 is 10.4 Å². The minimum atomic E-state index is -0.105. The molecule has 0 unspecified atom stereocenters. The molecular formula is C23H24N4O2S. The number of nitrogens with zero attached hydrogens (tertiary/aromatic N) is 4. The second kappa shape index (κ2) is 7.65. The number of hydrogen-bond donors (Lipinski definition) is 0. The molecule has 3 aromatic heterocycles. The number of rotatable bonds is 4. The van der Waals surface area contributed by atoms with E-state index in [2.05, 4.69) is 9.95 Å². The van der Waals surface area contributed by atoms with Crippen LogP contribution in [0.1, 0.15) is 37.4 Å². The molecule has 0 amide bonds. The normalized spacial score (nSPS) is 15.3. The SMILES string of the molecule is Cc1c(N=c2scc(-c3ccco3)n2C2CCCC2)c(=O)n(-c2ccccc2)n1C. The predicted octanol–water partition coefficient (Wildman–Crippen LogP) is 4.95. The summed E-state index contributed by atoms with van der Waals surface area (Å²) in [7, 11) is 1.90. The molecule has 30 heavy (non-hydrogen) atoms. The molecule has 0 atom stereocenters. The number of aromatic nitrogens is 3. The maximum atomic E-state index is 13.3. The summed E-state index contributed by atoms with van der Waals surface area (Å²) < 4.78 is 11.5. The Balaban J connectivity index is 1.71. The molecule has 1 saturated carbocycles. The van der Waals surface area contributed by atoms with Gasteiger partial charge < -0.3 is 8.98 Å². The van der Waals surface area contributed by atoms with Gasteiger partial charge in [-0.3, -0.25) is 9.48 Å². The van der Waals surface area contributed by atoms with Crippen molar-refractivity contribution in [1.82, 2.24) is 13.9 Å². The summed E-state index contributed by atoms with van der Waals surface area (Å²) in [5, 5.41) is 2.09. The van der Waals surface area contributed by atoms with Gasteiger partial charge in [0.05, 0.1) is 23.3 Å². The van der Waals surface area contributed by atoms with Gasteiger partial charge in [-0.15, -0.1) is 11.3 Å². The van der Waals surface area contributed by atoms with Crippen LogP contribution in [-0.2, 0) is 7.05 Å². The number of para-hydroxylation sites is 1. The maximum absolute atomic E-state index is 13.3. The zero-order valence-electron chi connectivity index (χ0n) is 17.1. The standard InChI is InChI=1S/C23H24N4O2S/c1-16-21(22(28)27(25(16)2)18-11-4-3-5-12-18)24-23-26(17-9-6-7-10-17)19(15-30-23)20-13-8-14-29-20/h3-5,8,11-15,17H,6-7,9-10H2,1-2H3. The van der Waals surface area contributed by atoms with Crippen LogP contribution in [0.2, 0.25) is 0 Å². The predicted molar refractivity (Wildman–Crippen MR) is 118 cm³/mol. The quantitative estimate of drug-likeness (QED) is 0.469. The van der Waals surface area contributed by atoms with Crippen molar-refractivity contribution in [2.45, 2.75) is 38.6 Å². The molecule has 1 aliphatic carbocycles. The third-order valence-electron chi connectivity index (χ3n) is 5.94. The molecule has 5 rings (SSSR count). The van der Waals surface area contributed by atoms with Gasteiger partial charge in [0, 0.05) is 18.5 Å². The van der Waals surface area contributed by atoms with Gasteiger partial charge in [-0.2, -0.15) is 0 Å². The van der Waals surface area contributed by atoms with Crippen molar-refractivity contribution in [3.63, 3.8) is 0 Å². The molecule has 6 nitrogen and oxygen atoms in total. The number of furan rings is 1. The summed E-state index contributed by atoms with van der Waals surface area (Å²) in [6.07, 6.45) is 6.38. The molecule has 0 radical (unpaired) electrons. The summed E-state index contributed by atoms with van der Waals surface area (Å²) in [6, 6.07) is 14.0. The topological polar surface area (TPSA) is 57.4 Å². The first-order valence-electron chi connectivity index (χ1n) is 10.3. The number of thiazole rings is 1. The molecule has 4 aromatic rings. The Kier molecular flexibility index (Phi) is 4.83. The van der Waals surface area contributed by atoms with Crippen LogP contribution in [0.15, 0.2) is 68.3 Å². The van der Waals surface area contributed by atoms with Gasteiger partial charge in [0.2, 0.25) is 0 Å². The van der Waals surface area contributed by atoms with E-state index >= 15 is 0 Å². The second-order valence-corrected chi connectivity index (χ2v) is 8.55. The molecule has 1 fully saturated rings. The molecule has 1 aliphatic rings. The molecule has 154 valence electrons. The lowest BCUT2D eigenvalue weighted by molar-refractivity contribution is 0.499. The van der Waals surface area contributed by atoms with Crippen LogP contribution in [0, 0.1) is 6.92 Å². The van der Waals surface area contributed by atoms with Crippen LogP contribution in [0.4, 0.5) is 5.69 Å². The van der Waals surface area contributed by atoms with Crippen molar-refractivity contribution in [2.24, 2.45) is 12.0 Å². The highest BCUT2D eigenvalue weighted by molar-refractivity contribution is 7.07. The van der Waals surface area contributed by atoms with E-state index in [1.54, 1.807) is 22.3 Å². The smallest absolute Gasteiger partial charge is 0.297 e. The van der Waals surface area contributed by atoms with Crippen molar-refractivity contribution in [3.8, 4) is 17.1 Å². The lowest BCUT2D eigenvalue weighted by Gasteiger charge is -2.14. The number of hydrogen-bond acceptors (Lipinski definition) is 4. The van der Waals surface area contributed by atoms with Gasteiger partial charge in [0.15, 0.2) is 16.2 Å². The minimum absolute atomic E-state index is 0.105. The van der Waals surface area contributed by atoms with Crippen molar-refractivity contribution in [3.05, 3.63) is 75.0 Å². The van der Waals surface area contributed by atoms with Crippen LogP contribution in [0.5, 0.6) is 0 Å². The van der Waals surface area contributed by atoms with E-state index in [4.69, 9.17) is 9.41 Å². The zero-order chi connectivity index (χ0) is 20.7. The van der Waals surface area contributed by atoms with Crippen LogP contribution in [0.3, 0.4) is 0 Å². The molecule has 0 bridgehead atoms. The van der Waals surface area contributed by atoms with E-state index in [-0.39, 0.29) is 5.56 Å². The van der Waals surface area contributed by atoms with E-state index in [1.807, 2.05) is 61.1 Å². The first-order chi connectivity index (χ1) is 14.6. The van der Waals surface area contributed by atoms with E-state index in [0.29, 0.717) is 11.7 Å². The summed E-state index contributed by atoms with van der Waals surface area (Å²) >= 11 is 1.56. The average molecular weight is 421 g/mol. The molecule has 0 aliphatic heterocycles. The Bertz CT molecular complexity index is 1280. The molecular weight excluding hydrogens is 396 g/mol. The lowest BCUT2D eigenvalue weighted by atomic mass is 10.2. The highest BCUT2D eigenvalue weighted by Gasteiger charge is 2.23. The van der Waals surface area contributed by atoms with Crippen LogP contribution in [0.25, 0.3) is 17.1 Å². The number of benzene rings is 1. The van der Waals surface area contributed by atoms with E-state index < -0.39 is 0 Å². The Hall–Kier alpha value is -3.06. The third-order valence-corrected chi connectivity index (χ3v) is 6.78. The minimum Gasteiger partial charge on any atom is -0.463 e. The van der Waals surface area contributed by atoms with Gasteiger partial charge in [-0.25, -0.2) is 9.67 Å². The molecule has 1 aromatic carbocycles. The van der Waals surface area contributed by atoms with Crippen LogP contribution in [-0.4, -0.2) is 13.9 Å². The lowest BCUT2D eigenvalue weighted by Crippen LogP contribution is -2.21. The van der Waals surface area contributed by atoms with E-state index in [0.717, 1.165) is 40.5 Å². The van der Waals surface area contributed by atoms with Gasteiger partial charge in [0.1, 0.15) is 0 Å². The van der Waals surface area contributed by atoms with Gasteiger partial charge in [-0.1, -0.05) is 31.0 Å². The molecule has 7 heteroatoms. The van der Waals surface area contributed by atoms with E-state index in [1.165, 1.54) is 12.8 Å². The van der Waals surface area contributed by atoms with Gasteiger partial charge >= 0.3 is 0 Å². The molecule has 0 spiro atoms. The second-order valence-electron chi connectivity index (χ2n) is 7.71. The van der Waals surface area contributed by atoms with Crippen LogP contribution >= 0.6 is 11.3 Å². The first kappa shape index (κ1) is 18.9. The average Bonchev–Trinajstić information content (AvgIpc) is 3.55. The fourth-order valence-electron chi connectivity index (χ4n) is 4.30. The highest BCUT2D eigenvalue weighted by Crippen LogP contribution is 2.33. The third kappa shape index (κ3) is 3.10. The van der Waals surface area contributed by atoms with E-state index in [9.17, 15) is 4.79 Å². The summed E-state index contributed by atoms with van der Waals surface area (Å²) in [5.74, 6) is 0.839. The van der Waals surface area contributed by atoms with Crippen molar-refractivity contribution < 1.29 is 4.42 Å². The van der Waals surface area contributed by atoms with Crippen molar-refractivity contribution >= 4 is 17.0 Å². The Morgan fingerprint density at radius 2 is 1.87 bits per heavy atom. The molecule has 0 saturated heterocycles. The van der Waals surface area contributed by atoms with Gasteiger partial charge in [-0.05, 0) is 44.0 Å². The zero-order valence-corrected chi connectivity index (χ0v) is 17.9. The summed E-state index contributed by atoms with van der Waals surface area (Å²) in [6.45, 7) is 1.95. The van der Waals surface area contributed by atoms with Gasteiger partial charge in [0.25, 0.3) is 5.56 Å². The maximum Gasteiger partial charge on any atom is 0.297 e. The highest BCUT2D eigenvalue weighted by atomic mass is 32.1. The summed E-state index contributed by atoms with van der Waals surface area (Å²) in [5.41, 5.74) is 3.09. The Morgan fingerprint density at radius 3 is 2.57 bits per heavy atom. The molecule has 3 heterocycles. The largest absolute Gasteiger partial charge is 0.463 e.